The predicted molar refractivity (Wildman–Crippen MR) is 257 cm³/mol. The maximum atomic E-state index is 2.63. The van der Waals surface area contributed by atoms with Gasteiger partial charge in [-0.15, -0.1) is 0 Å². The van der Waals surface area contributed by atoms with Crippen molar-refractivity contribution in [2.45, 2.75) is 46.0 Å². The summed E-state index contributed by atoms with van der Waals surface area (Å²) >= 11 is 0. The third-order valence-electron chi connectivity index (χ3n) is 15.3. The Morgan fingerprint density at radius 1 is 0.607 bits per heavy atom. The van der Waals surface area contributed by atoms with Crippen LogP contribution in [0.5, 0.6) is 0 Å². The van der Waals surface area contributed by atoms with E-state index in [1.165, 1.54) is 94.3 Å². The maximum Gasteiger partial charge on any atom is 0.0540 e. The highest BCUT2D eigenvalue weighted by atomic mass is 15.2. The van der Waals surface area contributed by atoms with Crippen LogP contribution in [0.3, 0.4) is 0 Å². The molecule has 13 rings (SSSR count). The molecule has 2 heterocycles. The summed E-state index contributed by atoms with van der Waals surface area (Å²) < 4.78 is 0. The highest BCUT2D eigenvalue weighted by Gasteiger charge is 2.52. The number of rotatable bonds is 4. The van der Waals surface area contributed by atoms with Gasteiger partial charge in [-0.2, -0.15) is 0 Å². The van der Waals surface area contributed by atoms with Crippen molar-refractivity contribution >= 4 is 61.1 Å². The minimum Gasteiger partial charge on any atom is -0.311 e. The zero-order valence-electron chi connectivity index (χ0n) is 34.9. The summed E-state index contributed by atoms with van der Waals surface area (Å²) in [6.07, 6.45) is 27.4. The standard InChI is InChI=1S/C59H48N2/c1-59(2)50-33-37(20-28-47(50)48-31-27-45(36-51(48)59)60-52-15-7-3-11-41(52)34-42-12-4-8-16-53(42)60)19-21-38-22-23-39-25-30-49-56(32-26-40-24-29-46(38)57(39)58(40)49)61-54-17-9-5-13-43(54)35-44-14-6-10-18-55(44)61/h3,5-11,13-32,36,48,50-51H,4,12,33-35H2,1-2H3/b21-19+. The number of hydrogen-bond acceptors (Lipinski definition) is 2. The molecule has 2 heteroatoms. The van der Waals surface area contributed by atoms with Crippen molar-refractivity contribution in [1.82, 2.24) is 0 Å². The van der Waals surface area contributed by atoms with E-state index in [0.29, 0.717) is 17.8 Å². The minimum absolute atomic E-state index is 0.120. The van der Waals surface area contributed by atoms with Gasteiger partial charge in [0.15, 0.2) is 0 Å². The van der Waals surface area contributed by atoms with Gasteiger partial charge in [0.1, 0.15) is 0 Å². The number of nitrogens with zero attached hydrogens (tertiary/aromatic N) is 2. The fourth-order valence-corrected chi connectivity index (χ4v) is 12.3. The minimum atomic E-state index is 0.120. The lowest BCUT2D eigenvalue weighted by molar-refractivity contribution is 0.216. The summed E-state index contributed by atoms with van der Waals surface area (Å²) in [5.74, 6) is 1.38. The van der Waals surface area contributed by atoms with Crippen LogP contribution in [0.25, 0.3) is 38.4 Å². The van der Waals surface area contributed by atoms with Gasteiger partial charge in [0.05, 0.1) is 5.69 Å². The highest BCUT2D eigenvalue weighted by molar-refractivity contribution is 6.27. The van der Waals surface area contributed by atoms with Gasteiger partial charge in [-0.25, -0.2) is 0 Å². The van der Waals surface area contributed by atoms with Crippen LogP contribution in [-0.4, -0.2) is 0 Å². The Hall–Kier alpha value is -6.64. The quantitative estimate of drug-likeness (QED) is 0.164. The molecule has 7 aromatic carbocycles. The van der Waals surface area contributed by atoms with Crippen LogP contribution in [0, 0.1) is 23.2 Å². The second kappa shape index (κ2) is 13.2. The van der Waals surface area contributed by atoms with E-state index in [4.69, 9.17) is 0 Å². The lowest BCUT2D eigenvalue weighted by Crippen LogP contribution is -2.32. The average molecular weight is 785 g/mol. The molecule has 1 fully saturated rings. The highest BCUT2D eigenvalue weighted by Crippen LogP contribution is 2.60. The Kier molecular flexibility index (Phi) is 7.59. The third-order valence-corrected chi connectivity index (χ3v) is 15.3. The second-order valence-electron chi connectivity index (χ2n) is 18.8. The van der Waals surface area contributed by atoms with Crippen molar-refractivity contribution < 1.29 is 0 Å². The van der Waals surface area contributed by atoms with E-state index in [0.717, 1.165) is 32.1 Å². The largest absolute Gasteiger partial charge is 0.311 e. The van der Waals surface area contributed by atoms with Crippen molar-refractivity contribution in [3.05, 3.63) is 220 Å². The van der Waals surface area contributed by atoms with E-state index < -0.39 is 0 Å². The lowest BCUT2D eigenvalue weighted by Gasteiger charge is -2.39. The Morgan fingerprint density at radius 3 is 2.03 bits per heavy atom. The van der Waals surface area contributed by atoms with E-state index >= 15 is 0 Å². The van der Waals surface area contributed by atoms with Gasteiger partial charge in [-0.3, -0.25) is 0 Å². The molecule has 0 radical (unpaired) electrons. The SMILES string of the molecule is CC1(C)C2CC(/C=C/c3ccc4ccc5c(N6c7ccccc7Cc7ccccc76)ccc6ccc3c4c65)=CC=C2C2C=CC(N3C4=C(CCC=C4)Cc4ccccc43)=CC21. The summed E-state index contributed by atoms with van der Waals surface area (Å²) in [4.78, 5) is 5.07. The molecule has 0 saturated heterocycles. The Morgan fingerprint density at radius 2 is 1.26 bits per heavy atom. The number of fused-ring (bicyclic) bond motifs is 6. The van der Waals surface area contributed by atoms with Crippen LogP contribution >= 0.6 is 0 Å². The zero-order chi connectivity index (χ0) is 40.4. The van der Waals surface area contributed by atoms with Crippen LogP contribution in [0.1, 0.15) is 55.4 Å². The fraction of sp³-hybridized carbons (Fsp3) is 0.186. The van der Waals surface area contributed by atoms with Crippen LogP contribution in [-0.2, 0) is 12.8 Å². The number of para-hydroxylation sites is 3. The molecule has 0 spiro atoms. The summed E-state index contributed by atoms with van der Waals surface area (Å²) in [6, 6.07) is 45.6. The van der Waals surface area contributed by atoms with E-state index in [2.05, 4.69) is 200 Å². The molecule has 0 N–H and O–H groups in total. The molecule has 61 heavy (non-hydrogen) atoms. The van der Waals surface area contributed by atoms with Crippen LogP contribution in [0.2, 0.25) is 0 Å². The molecule has 3 atom stereocenters. The summed E-state index contributed by atoms with van der Waals surface area (Å²) in [5.41, 5.74) is 18.0. The first-order valence-corrected chi connectivity index (χ1v) is 22.4. The predicted octanol–water partition coefficient (Wildman–Crippen LogP) is 15.2. The summed E-state index contributed by atoms with van der Waals surface area (Å²) in [5, 5.41) is 7.90. The second-order valence-corrected chi connectivity index (χ2v) is 18.8. The van der Waals surface area contributed by atoms with Gasteiger partial charge in [0.25, 0.3) is 0 Å². The van der Waals surface area contributed by atoms with Crippen LogP contribution < -0.4 is 9.80 Å². The molecule has 7 aromatic rings. The van der Waals surface area contributed by atoms with Crippen molar-refractivity contribution in [1.29, 1.82) is 0 Å². The lowest BCUT2D eigenvalue weighted by atomic mass is 9.70. The summed E-state index contributed by atoms with van der Waals surface area (Å²) in [7, 11) is 0. The first kappa shape index (κ1) is 35.1. The Labute approximate surface area is 358 Å². The molecule has 1 saturated carbocycles. The molecule has 6 aliphatic rings. The normalized spacial score (nSPS) is 22.2. The molecule has 0 aromatic heterocycles. The molecular weight excluding hydrogens is 737 g/mol. The molecule has 2 aliphatic heterocycles. The van der Waals surface area contributed by atoms with Crippen molar-refractivity contribution in [3.63, 3.8) is 0 Å². The molecular formula is C59H48N2. The first-order chi connectivity index (χ1) is 30.0. The van der Waals surface area contributed by atoms with Gasteiger partial charge in [0.2, 0.25) is 0 Å². The first-order valence-electron chi connectivity index (χ1n) is 22.4. The van der Waals surface area contributed by atoms with Gasteiger partial charge >= 0.3 is 0 Å². The monoisotopic (exact) mass is 784 g/mol. The van der Waals surface area contributed by atoms with Gasteiger partial charge in [0, 0.05) is 46.2 Å². The molecule has 294 valence electrons. The van der Waals surface area contributed by atoms with Gasteiger partial charge < -0.3 is 9.80 Å². The molecule has 0 bridgehead atoms. The van der Waals surface area contributed by atoms with Crippen LogP contribution in [0.4, 0.5) is 22.7 Å². The Bertz CT molecular complexity index is 3190. The fourth-order valence-electron chi connectivity index (χ4n) is 12.3. The zero-order valence-corrected chi connectivity index (χ0v) is 34.9. The molecule has 2 nitrogen and oxygen atoms in total. The number of anilines is 4. The Balaban J connectivity index is 0.835. The van der Waals surface area contributed by atoms with Gasteiger partial charge in [-0.1, -0.05) is 159 Å². The summed E-state index contributed by atoms with van der Waals surface area (Å²) in [6.45, 7) is 5.06. The van der Waals surface area contributed by atoms with E-state index in [1.54, 1.807) is 11.1 Å². The molecule has 0 amide bonds. The van der Waals surface area contributed by atoms with Gasteiger partial charge in [-0.05, 0) is 140 Å². The number of allylic oxidation sites excluding steroid dienone is 11. The topological polar surface area (TPSA) is 6.48 Å². The third kappa shape index (κ3) is 5.21. The smallest absolute Gasteiger partial charge is 0.0540 e. The van der Waals surface area contributed by atoms with Crippen molar-refractivity contribution in [3.8, 4) is 0 Å². The van der Waals surface area contributed by atoms with Crippen molar-refractivity contribution in [2.24, 2.45) is 23.2 Å². The van der Waals surface area contributed by atoms with E-state index in [9.17, 15) is 0 Å². The average Bonchev–Trinajstić information content (AvgIpc) is 3.53. The number of hydrogen-bond donors (Lipinski definition) is 0. The molecule has 4 aliphatic carbocycles. The maximum absolute atomic E-state index is 2.63. The molecule has 3 unspecified atom stereocenters. The van der Waals surface area contributed by atoms with E-state index in [-0.39, 0.29) is 5.41 Å². The van der Waals surface area contributed by atoms with Crippen LogP contribution in [0.15, 0.2) is 198 Å². The number of benzene rings is 7. The van der Waals surface area contributed by atoms with Crippen molar-refractivity contribution in [2.75, 3.05) is 9.80 Å². The van der Waals surface area contributed by atoms with E-state index in [1.807, 2.05) is 0 Å².